The number of anilines is 1. The van der Waals surface area contributed by atoms with Crippen molar-refractivity contribution in [1.29, 1.82) is 0 Å². The van der Waals surface area contributed by atoms with E-state index in [9.17, 15) is 10.1 Å². The first-order valence-electron chi connectivity index (χ1n) is 5.26. The van der Waals surface area contributed by atoms with Crippen molar-refractivity contribution in [3.05, 3.63) is 33.9 Å². The maximum Gasteiger partial charge on any atom is 0.292 e. The second kappa shape index (κ2) is 5.46. The summed E-state index contributed by atoms with van der Waals surface area (Å²) in [6, 6.07) is 4.96. The van der Waals surface area contributed by atoms with Crippen LogP contribution in [0.5, 0.6) is 0 Å². The topological polar surface area (TPSA) is 72.4 Å². The molecule has 0 saturated heterocycles. The van der Waals surface area contributed by atoms with Gasteiger partial charge in [0.05, 0.1) is 4.92 Å². The van der Waals surface area contributed by atoms with Crippen molar-refractivity contribution in [3.63, 3.8) is 0 Å². The summed E-state index contributed by atoms with van der Waals surface area (Å²) < 4.78 is 0. The first kappa shape index (κ1) is 12.4. The number of nitrogens with zero attached hydrogens (tertiary/aromatic N) is 2. The molecule has 88 valence electrons. The highest BCUT2D eigenvalue weighted by Gasteiger charge is 2.12. The Balaban J connectivity index is 2.82. The molecule has 2 N–H and O–H groups in total. The summed E-state index contributed by atoms with van der Waals surface area (Å²) >= 11 is 0. The molecule has 0 aliphatic carbocycles. The van der Waals surface area contributed by atoms with E-state index in [1.54, 1.807) is 12.1 Å². The van der Waals surface area contributed by atoms with Gasteiger partial charge in [0.15, 0.2) is 0 Å². The Bertz CT molecular complexity index is 379. The summed E-state index contributed by atoms with van der Waals surface area (Å²) in [6.45, 7) is 3.77. The monoisotopic (exact) mass is 223 g/mol. The summed E-state index contributed by atoms with van der Waals surface area (Å²) in [5.41, 5.74) is 6.64. The van der Waals surface area contributed by atoms with Crippen LogP contribution in [0.4, 0.5) is 11.4 Å². The Labute approximate surface area is 95.0 Å². The van der Waals surface area contributed by atoms with Gasteiger partial charge in [0.1, 0.15) is 5.69 Å². The number of nitrogen functional groups attached to an aromatic ring is 1. The van der Waals surface area contributed by atoms with E-state index in [-0.39, 0.29) is 11.4 Å². The fraction of sp³-hybridized carbons (Fsp3) is 0.455. The summed E-state index contributed by atoms with van der Waals surface area (Å²) in [6.07, 6.45) is 1.06. The minimum Gasteiger partial charge on any atom is -0.393 e. The second-order valence-corrected chi connectivity index (χ2v) is 3.89. The first-order chi connectivity index (χ1) is 7.54. The molecule has 16 heavy (non-hydrogen) atoms. The molecule has 0 heterocycles. The van der Waals surface area contributed by atoms with Gasteiger partial charge in [0.2, 0.25) is 0 Å². The Kier molecular flexibility index (Phi) is 4.25. The molecule has 0 aromatic heterocycles. The molecule has 0 fully saturated rings. The number of benzene rings is 1. The number of nitro benzene ring substituents is 1. The van der Waals surface area contributed by atoms with E-state index >= 15 is 0 Å². The van der Waals surface area contributed by atoms with Crippen LogP contribution >= 0.6 is 0 Å². The highest BCUT2D eigenvalue weighted by molar-refractivity contribution is 5.59. The minimum absolute atomic E-state index is 0.0117. The summed E-state index contributed by atoms with van der Waals surface area (Å²) in [7, 11) is 1.99. The van der Waals surface area contributed by atoms with Gasteiger partial charge in [0.25, 0.3) is 5.69 Å². The Hall–Kier alpha value is -1.62. The normalized spacial score (nSPS) is 10.7. The summed E-state index contributed by atoms with van der Waals surface area (Å²) in [5.74, 6) is 0. The van der Waals surface area contributed by atoms with Crippen molar-refractivity contribution in [3.8, 4) is 0 Å². The molecule has 5 heteroatoms. The molecule has 0 aliphatic rings. The van der Waals surface area contributed by atoms with Gasteiger partial charge in [0, 0.05) is 12.6 Å². The predicted molar refractivity (Wildman–Crippen MR) is 64.1 cm³/mol. The van der Waals surface area contributed by atoms with E-state index < -0.39 is 4.92 Å². The Morgan fingerprint density at radius 1 is 1.50 bits per heavy atom. The van der Waals surface area contributed by atoms with Crippen LogP contribution in [0.2, 0.25) is 0 Å². The lowest BCUT2D eigenvalue weighted by Gasteiger charge is -2.15. The maximum absolute atomic E-state index is 10.7. The largest absolute Gasteiger partial charge is 0.393 e. The van der Waals surface area contributed by atoms with E-state index in [2.05, 4.69) is 11.8 Å². The van der Waals surface area contributed by atoms with Crippen molar-refractivity contribution in [2.24, 2.45) is 0 Å². The molecular formula is C11H17N3O2. The van der Waals surface area contributed by atoms with Crippen molar-refractivity contribution >= 4 is 11.4 Å². The zero-order chi connectivity index (χ0) is 12.1. The number of hydrogen-bond acceptors (Lipinski definition) is 4. The molecule has 0 bridgehead atoms. The zero-order valence-electron chi connectivity index (χ0n) is 9.64. The van der Waals surface area contributed by atoms with Crippen LogP contribution in [0.1, 0.15) is 18.9 Å². The van der Waals surface area contributed by atoms with Crippen LogP contribution in [0.25, 0.3) is 0 Å². The van der Waals surface area contributed by atoms with Gasteiger partial charge in [-0.3, -0.25) is 10.1 Å². The number of hydrogen-bond donors (Lipinski definition) is 1. The number of nitrogens with two attached hydrogens (primary N) is 1. The molecule has 0 saturated carbocycles. The van der Waals surface area contributed by atoms with E-state index in [1.807, 2.05) is 13.1 Å². The van der Waals surface area contributed by atoms with Crippen LogP contribution in [0.15, 0.2) is 18.2 Å². The fourth-order valence-corrected chi connectivity index (χ4v) is 1.62. The van der Waals surface area contributed by atoms with Gasteiger partial charge in [-0.05, 0) is 31.6 Å². The average Bonchev–Trinajstić information content (AvgIpc) is 2.21. The third-order valence-corrected chi connectivity index (χ3v) is 2.35. The summed E-state index contributed by atoms with van der Waals surface area (Å²) in [4.78, 5) is 12.4. The lowest BCUT2D eigenvalue weighted by Crippen LogP contribution is -2.18. The van der Waals surface area contributed by atoms with Crippen LogP contribution in [-0.4, -0.2) is 23.4 Å². The molecule has 0 atom stereocenters. The van der Waals surface area contributed by atoms with Crippen molar-refractivity contribution in [1.82, 2.24) is 4.90 Å². The van der Waals surface area contributed by atoms with E-state index in [0.717, 1.165) is 18.5 Å². The molecule has 1 rings (SSSR count). The molecule has 5 nitrogen and oxygen atoms in total. The minimum atomic E-state index is -0.446. The molecule has 1 aromatic rings. The highest BCUT2D eigenvalue weighted by Crippen LogP contribution is 2.22. The van der Waals surface area contributed by atoms with Gasteiger partial charge >= 0.3 is 0 Å². The van der Waals surface area contributed by atoms with Crippen LogP contribution in [0, 0.1) is 10.1 Å². The van der Waals surface area contributed by atoms with Gasteiger partial charge in [-0.2, -0.15) is 0 Å². The van der Waals surface area contributed by atoms with Crippen molar-refractivity contribution in [2.75, 3.05) is 19.3 Å². The van der Waals surface area contributed by atoms with Gasteiger partial charge in [-0.25, -0.2) is 0 Å². The van der Waals surface area contributed by atoms with E-state index in [0.29, 0.717) is 6.54 Å². The first-order valence-corrected chi connectivity index (χ1v) is 5.26. The molecule has 0 radical (unpaired) electrons. The van der Waals surface area contributed by atoms with E-state index in [1.165, 1.54) is 0 Å². The third kappa shape index (κ3) is 3.20. The fourth-order valence-electron chi connectivity index (χ4n) is 1.62. The molecule has 0 amide bonds. The number of rotatable bonds is 5. The lowest BCUT2D eigenvalue weighted by molar-refractivity contribution is -0.384. The maximum atomic E-state index is 10.7. The van der Waals surface area contributed by atoms with Gasteiger partial charge < -0.3 is 10.6 Å². The second-order valence-electron chi connectivity index (χ2n) is 3.89. The standard InChI is InChI=1S/C11H17N3O2/c1-3-6-13(2)8-9-4-5-10(12)11(7-9)14(15)16/h4-5,7H,3,6,8,12H2,1-2H3. The number of nitro groups is 1. The van der Waals surface area contributed by atoms with Gasteiger partial charge in [-0.1, -0.05) is 13.0 Å². The van der Waals surface area contributed by atoms with Crippen LogP contribution in [-0.2, 0) is 6.54 Å². The third-order valence-electron chi connectivity index (χ3n) is 2.35. The quantitative estimate of drug-likeness (QED) is 0.471. The smallest absolute Gasteiger partial charge is 0.292 e. The SMILES string of the molecule is CCCN(C)Cc1ccc(N)c([N+](=O)[O-])c1. The molecule has 0 aliphatic heterocycles. The molecular weight excluding hydrogens is 206 g/mol. The van der Waals surface area contributed by atoms with Crippen LogP contribution < -0.4 is 5.73 Å². The summed E-state index contributed by atoms with van der Waals surface area (Å²) in [5, 5.41) is 10.7. The Morgan fingerprint density at radius 2 is 2.19 bits per heavy atom. The predicted octanol–water partition coefficient (Wildman–Crippen LogP) is 2.02. The van der Waals surface area contributed by atoms with Crippen molar-refractivity contribution in [2.45, 2.75) is 19.9 Å². The lowest BCUT2D eigenvalue weighted by atomic mass is 10.1. The van der Waals surface area contributed by atoms with E-state index in [4.69, 9.17) is 5.73 Å². The molecule has 0 spiro atoms. The molecule has 1 aromatic carbocycles. The Morgan fingerprint density at radius 3 is 2.75 bits per heavy atom. The van der Waals surface area contributed by atoms with Crippen LogP contribution in [0.3, 0.4) is 0 Å². The highest BCUT2D eigenvalue weighted by atomic mass is 16.6. The average molecular weight is 223 g/mol. The molecule has 0 unspecified atom stereocenters. The van der Waals surface area contributed by atoms with Crippen molar-refractivity contribution < 1.29 is 4.92 Å². The zero-order valence-corrected chi connectivity index (χ0v) is 9.64. The van der Waals surface area contributed by atoms with Gasteiger partial charge in [-0.15, -0.1) is 0 Å².